The van der Waals surface area contributed by atoms with Gasteiger partial charge in [-0.2, -0.15) is 0 Å². The van der Waals surface area contributed by atoms with Gasteiger partial charge in [0, 0.05) is 22.4 Å². The number of rotatable bonds is 10. The summed E-state index contributed by atoms with van der Waals surface area (Å²) in [5.41, 5.74) is 6.56. The Morgan fingerprint density at radius 2 is 1.14 bits per heavy atom. The summed E-state index contributed by atoms with van der Waals surface area (Å²) in [4.78, 5) is 0. The van der Waals surface area contributed by atoms with E-state index in [-0.39, 0.29) is 5.92 Å². The Balaban J connectivity index is 1.82. The molecule has 36 heavy (non-hydrogen) atoms. The molecule has 0 N–H and O–H groups in total. The molecule has 0 amide bonds. The normalized spacial score (nSPS) is 13.4. The SMILES string of the molecule is C=C/C=C\C(=C/C=C)C(C(/C=C\C(=C)n1c2ccccc2c2ccccc21)=C/C=C)c1ccccc1. The van der Waals surface area contributed by atoms with E-state index in [2.05, 4.69) is 128 Å². The first-order chi connectivity index (χ1) is 17.7. The minimum absolute atomic E-state index is 0.0133. The Hall–Kier alpha value is -4.62. The quantitative estimate of drug-likeness (QED) is 0.205. The van der Waals surface area contributed by atoms with Crippen LogP contribution in [0.1, 0.15) is 11.5 Å². The van der Waals surface area contributed by atoms with Crippen LogP contribution in [-0.4, -0.2) is 4.57 Å². The third-order valence-corrected chi connectivity index (χ3v) is 6.18. The highest BCUT2D eigenvalue weighted by molar-refractivity contribution is 6.10. The highest BCUT2D eigenvalue weighted by Crippen LogP contribution is 2.35. The lowest BCUT2D eigenvalue weighted by Crippen LogP contribution is -2.04. The number of para-hydroxylation sites is 2. The van der Waals surface area contributed by atoms with Crippen LogP contribution in [0.3, 0.4) is 0 Å². The van der Waals surface area contributed by atoms with Gasteiger partial charge in [-0.3, -0.25) is 0 Å². The fraction of sp³-hybridized carbons (Fsp3) is 0.0286. The molecule has 0 saturated heterocycles. The molecule has 0 aliphatic heterocycles. The van der Waals surface area contributed by atoms with E-state index < -0.39 is 0 Å². The van der Waals surface area contributed by atoms with Crippen molar-refractivity contribution >= 4 is 27.5 Å². The van der Waals surface area contributed by atoms with Crippen LogP contribution < -0.4 is 0 Å². The van der Waals surface area contributed by atoms with E-state index >= 15 is 0 Å². The summed E-state index contributed by atoms with van der Waals surface area (Å²) in [6, 6.07) is 27.4. The maximum Gasteiger partial charge on any atom is 0.0540 e. The molecule has 1 atom stereocenters. The van der Waals surface area contributed by atoms with Gasteiger partial charge in [-0.1, -0.05) is 142 Å². The van der Waals surface area contributed by atoms with Gasteiger partial charge >= 0.3 is 0 Å². The predicted molar refractivity (Wildman–Crippen MR) is 159 cm³/mol. The molecule has 0 spiro atoms. The van der Waals surface area contributed by atoms with Crippen molar-refractivity contribution in [3.8, 4) is 0 Å². The lowest BCUT2D eigenvalue weighted by atomic mass is 9.83. The Morgan fingerprint density at radius 3 is 1.69 bits per heavy atom. The summed E-state index contributed by atoms with van der Waals surface area (Å²) in [7, 11) is 0. The first kappa shape index (κ1) is 24.5. The lowest BCUT2D eigenvalue weighted by Gasteiger charge is -2.21. The van der Waals surface area contributed by atoms with E-state index in [0.717, 1.165) is 27.9 Å². The zero-order valence-electron chi connectivity index (χ0n) is 20.6. The maximum atomic E-state index is 4.46. The van der Waals surface area contributed by atoms with Crippen LogP contribution in [0.5, 0.6) is 0 Å². The van der Waals surface area contributed by atoms with Gasteiger partial charge < -0.3 is 4.57 Å². The minimum Gasteiger partial charge on any atom is -0.310 e. The molecule has 1 aromatic heterocycles. The molecule has 1 heterocycles. The molecule has 4 aromatic rings. The molecule has 176 valence electrons. The number of aromatic nitrogens is 1. The van der Waals surface area contributed by atoms with Crippen LogP contribution in [0.15, 0.2) is 171 Å². The van der Waals surface area contributed by atoms with Gasteiger partial charge in [0.2, 0.25) is 0 Å². The van der Waals surface area contributed by atoms with Crippen LogP contribution in [0, 0.1) is 0 Å². The molecule has 3 aromatic carbocycles. The van der Waals surface area contributed by atoms with Gasteiger partial charge in [0.05, 0.1) is 11.0 Å². The third kappa shape index (κ3) is 5.06. The predicted octanol–water partition coefficient (Wildman–Crippen LogP) is 9.57. The second-order valence-corrected chi connectivity index (χ2v) is 8.44. The topological polar surface area (TPSA) is 4.93 Å². The third-order valence-electron chi connectivity index (χ3n) is 6.18. The van der Waals surface area contributed by atoms with Gasteiger partial charge in [0.25, 0.3) is 0 Å². The average Bonchev–Trinajstić information content (AvgIpc) is 3.25. The summed E-state index contributed by atoms with van der Waals surface area (Å²) >= 11 is 0. The fourth-order valence-electron chi connectivity index (χ4n) is 4.67. The number of nitrogens with zero attached hydrogens (tertiary/aromatic N) is 1. The molecular formula is C35H31N. The van der Waals surface area contributed by atoms with E-state index in [9.17, 15) is 0 Å². The maximum absolute atomic E-state index is 4.46. The molecule has 0 fully saturated rings. The molecule has 0 aliphatic carbocycles. The molecule has 1 unspecified atom stereocenters. The Morgan fingerprint density at radius 1 is 0.611 bits per heavy atom. The summed E-state index contributed by atoms with van der Waals surface area (Å²) in [5, 5.41) is 2.44. The van der Waals surface area contributed by atoms with Crippen LogP contribution >= 0.6 is 0 Å². The summed E-state index contributed by atoms with van der Waals surface area (Å²) in [5.74, 6) is -0.0133. The van der Waals surface area contributed by atoms with Crippen molar-refractivity contribution < 1.29 is 0 Å². The molecule has 1 nitrogen and oxygen atoms in total. The Labute approximate surface area is 214 Å². The van der Waals surface area contributed by atoms with Crippen molar-refractivity contribution in [2.75, 3.05) is 0 Å². The molecule has 0 aliphatic rings. The van der Waals surface area contributed by atoms with Gasteiger partial charge in [-0.25, -0.2) is 0 Å². The van der Waals surface area contributed by atoms with Crippen molar-refractivity contribution in [1.29, 1.82) is 0 Å². The first-order valence-corrected chi connectivity index (χ1v) is 12.0. The summed E-state index contributed by atoms with van der Waals surface area (Å²) in [6.07, 6.45) is 17.8. The Bertz CT molecular complexity index is 1480. The zero-order valence-corrected chi connectivity index (χ0v) is 20.6. The summed E-state index contributed by atoms with van der Waals surface area (Å²) in [6.45, 7) is 16.2. The Kier molecular flexibility index (Phi) is 7.95. The fourth-order valence-corrected chi connectivity index (χ4v) is 4.67. The largest absolute Gasteiger partial charge is 0.310 e. The summed E-state index contributed by atoms with van der Waals surface area (Å²) < 4.78 is 2.22. The second kappa shape index (κ2) is 11.7. The smallest absolute Gasteiger partial charge is 0.0540 e. The van der Waals surface area contributed by atoms with Crippen molar-refractivity contribution in [3.63, 3.8) is 0 Å². The number of benzene rings is 3. The highest BCUT2D eigenvalue weighted by atomic mass is 15.0. The number of hydrogen-bond acceptors (Lipinski definition) is 0. The van der Waals surface area contributed by atoms with Crippen LogP contribution in [0.25, 0.3) is 27.5 Å². The van der Waals surface area contributed by atoms with Gasteiger partial charge in [0.1, 0.15) is 0 Å². The van der Waals surface area contributed by atoms with Crippen LogP contribution in [-0.2, 0) is 0 Å². The number of fused-ring (bicyclic) bond motifs is 3. The van der Waals surface area contributed by atoms with Crippen molar-refractivity contribution in [3.05, 3.63) is 177 Å². The molecular weight excluding hydrogens is 434 g/mol. The molecule has 4 rings (SSSR count). The lowest BCUT2D eigenvalue weighted by molar-refractivity contribution is 0.976. The standard InChI is InChI=1S/C35H31N/c1-5-8-18-28(16-6-2)35(30-19-10-9-11-20-30)29(17-7-3)26-25-27(4)36-33-23-14-12-21-31(33)32-22-13-15-24-34(32)36/h5-26,35H,1-4H2/b18-8-,26-25-,28-16+,29-17+. The van der Waals surface area contributed by atoms with Crippen molar-refractivity contribution in [2.45, 2.75) is 5.92 Å². The number of hydrogen-bond donors (Lipinski definition) is 0. The second-order valence-electron chi connectivity index (χ2n) is 8.44. The minimum atomic E-state index is -0.0133. The zero-order chi connectivity index (χ0) is 25.3. The molecule has 0 bridgehead atoms. The molecule has 0 saturated carbocycles. The monoisotopic (exact) mass is 465 g/mol. The molecule has 1 heteroatoms. The van der Waals surface area contributed by atoms with Crippen molar-refractivity contribution in [1.82, 2.24) is 4.57 Å². The van der Waals surface area contributed by atoms with Crippen LogP contribution in [0.2, 0.25) is 0 Å². The van der Waals surface area contributed by atoms with Crippen molar-refractivity contribution in [2.24, 2.45) is 0 Å². The molecule has 0 radical (unpaired) electrons. The van der Waals surface area contributed by atoms with E-state index in [1.165, 1.54) is 16.3 Å². The van der Waals surface area contributed by atoms with E-state index in [1.807, 2.05) is 30.4 Å². The van der Waals surface area contributed by atoms with E-state index in [4.69, 9.17) is 0 Å². The van der Waals surface area contributed by atoms with E-state index in [0.29, 0.717) is 0 Å². The van der Waals surface area contributed by atoms with E-state index in [1.54, 1.807) is 6.08 Å². The average molecular weight is 466 g/mol. The van der Waals surface area contributed by atoms with Gasteiger partial charge in [-0.05, 0) is 34.9 Å². The van der Waals surface area contributed by atoms with Gasteiger partial charge in [0.15, 0.2) is 0 Å². The number of allylic oxidation sites excluding steroid dienone is 12. The highest BCUT2D eigenvalue weighted by Gasteiger charge is 2.18. The first-order valence-electron chi connectivity index (χ1n) is 12.0. The van der Waals surface area contributed by atoms with Crippen LogP contribution in [0.4, 0.5) is 0 Å². The van der Waals surface area contributed by atoms with Gasteiger partial charge in [-0.15, -0.1) is 0 Å².